The average Bonchev–Trinajstić information content (AvgIpc) is 3.93. The predicted molar refractivity (Wildman–Crippen MR) is 276 cm³/mol. The van der Waals surface area contributed by atoms with Crippen molar-refractivity contribution in [2.75, 3.05) is 64.8 Å². The number of nitrogens with one attached hydrogen (secondary N) is 2. The Labute approximate surface area is 429 Å². The topological polar surface area (TPSA) is 139 Å². The van der Waals surface area contributed by atoms with E-state index in [-0.39, 0.29) is 48.8 Å². The SMILES string of the molecule is COCc1nc2ccc(-c3ccnc4c3cc(CN3CCC(c5ccc(C(=O)N6CCC(CN7CCC(c8ccc(NC9CCC(=O)NC9=O)cc8F)C(F)(F)C7)CC6)cc5)CC3)n4C)cc2n1C1CCCCO1. The van der Waals surface area contributed by atoms with E-state index in [0.717, 1.165) is 116 Å². The van der Waals surface area contributed by atoms with E-state index in [1.54, 1.807) is 12.0 Å². The van der Waals surface area contributed by atoms with Crippen molar-refractivity contribution in [3.05, 3.63) is 113 Å². The number of hydrogen-bond acceptors (Lipinski definition) is 10. The number of carbonyl (C=O) groups is 3. The highest BCUT2D eigenvalue weighted by Gasteiger charge is 2.47. The number of anilines is 1. The molecule has 3 atom stereocenters. The van der Waals surface area contributed by atoms with E-state index in [1.807, 2.05) is 23.2 Å². The Morgan fingerprint density at radius 1 is 0.892 bits per heavy atom. The molecule has 5 aliphatic heterocycles. The van der Waals surface area contributed by atoms with Crippen molar-refractivity contribution in [2.24, 2.45) is 13.0 Å². The third-order valence-corrected chi connectivity index (χ3v) is 16.5. The highest BCUT2D eigenvalue weighted by Crippen LogP contribution is 2.43. The summed E-state index contributed by atoms with van der Waals surface area (Å²) in [4.78, 5) is 53.3. The fourth-order valence-electron chi connectivity index (χ4n) is 12.4. The molecule has 8 heterocycles. The molecule has 0 bridgehead atoms. The van der Waals surface area contributed by atoms with Gasteiger partial charge in [0.25, 0.3) is 11.8 Å². The maximum Gasteiger partial charge on any atom is 0.267 e. The van der Waals surface area contributed by atoms with Gasteiger partial charge in [-0.2, -0.15) is 0 Å². The van der Waals surface area contributed by atoms with Gasteiger partial charge in [-0.3, -0.25) is 34.1 Å². The van der Waals surface area contributed by atoms with Crippen molar-refractivity contribution < 1.29 is 37.0 Å². The maximum atomic E-state index is 15.7. The van der Waals surface area contributed by atoms with Gasteiger partial charge in [0.2, 0.25) is 11.8 Å². The number of halogens is 3. The Hall–Kier alpha value is -6.14. The molecule has 0 radical (unpaired) electrons. The number of rotatable bonds is 13. The zero-order chi connectivity index (χ0) is 51.1. The van der Waals surface area contributed by atoms with Gasteiger partial charge in [0, 0.05) is 81.9 Å². The summed E-state index contributed by atoms with van der Waals surface area (Å²) >= 11 is 0. The lowest BCUT2D eigenvalue weighted by molar-refractivity contribution is -0.133. The molecule has 11 rings (SSSR count). The Morgan fingerprint density at radius 2 is 1.69 bits per heavy atom. The van der Waals surface area contributed by atoms with E-state index in [4.69, 9.17) is 19.4 Å². The molecular formula is C57H66F3N9O5. The van der Waals surface area contributed by atoms with Crippen LogP contribution in [0.2, 0.25) is 0 Å². The van der Waals surface area contributed by atoms with Gasteiger partial charge in [-0.05, 0) is 160 Å². The van der Waals surface area contributed by atoms with Crippen LogP contribution in [0, 0.1) is 11.7 Å². The van der Waals surface area contributed by atoms with Crippen LogP contribution in [-0.2, 0) is 39.3 Å². The van der Waals surface area contributed by atoms with Crippen molar-refractivity contribution >= 4 is 45.5 Å². The van der Waals surface area contributed by atoms with Crippen LogP contribution < -0.4 is 10.6 Å². The lowest BCUT2D eigenvalue weighted by atomic mass is 9.85. The van der Waals surface area contributed by atoms with Crippen molar-refractivity contribution in [1.82, 2.24) is 39.1 Å². The number of hydrogen-bond donors (Lipinski definition) is 2. The molecule has 0 aliphatic carbocycles. The van der Waals surface area contributed by atoms with E-state index in [9.17, 15) is 14.4 Å². The van der Waals surface area contributed by atoms with Crippen LogP contribution in [0.25, 0.3) is 33.2 Å². The number of pyridine rings is 1. The lowest BCUT2D eigenvalue weighted by Gasteiger charge is -2.41. The second-order valence-electron chi connectivity index (χ2n) is 21.3. The molecule has 17 heteroatoms. The number of aromatic nitrogens is 4. The van der Waals surface area contributed by atoms with Crippen LogP contribution in [0.4, 0.5) is 18.9 Å². The number of methoxy groups -OCH3 is 1. The highest BCUT2D eigenvalue weighted by molar-refractivity contribution is 6.01. The van der Waals surface area contributed by atoms with Gasteiger partial charge in [-0.1, -0.05) is 24.3 Å². The summed E-state index contributed by atoms with van der Waals surface area (Å²) in [6.45, 7) is 5.54. The second kappa shape index (κ2) is 21.2. The van der Waals surface area contributed by atoms with Crippen molar-refractivity contribution in [3.8, 4) is 11.1 Å². The van der Waals surface area contributed by atoms with Crippen molar-refractivity contribution in [3.63, 3.8) is 0 Å². The van der Waals surface area contributed by atoms with Crippen molar-refractivity contribution in [2.45, 2.75) is 107 Å². The Kier molecular flexibility index (Phi) is 14.4. The molecule has 0 spiro atoms. The van der Waals surface area contributed by atoms with Crippen LogP contribution in [0.1, 0.15) is 115 Å². The number of imidazole rings is 1. The zero-order valence-corrected chi connectivity index (χ0v) is 42.3. The Bertz CT molecular complexity index is 3030. The number of carbonyl (C=O) groups excluding carboxylic acids is 3. The van der Waals surface area contributed by atoms with Gasteiger partial charge >= 0.3 is 0 Å². The molecule has 3 unspecified atom stereocenters. The fourth-order valence-corrected chi connectivity index (χ4v) is 12.4. The van der Waals surface area contributed by atoms with Crippen LogP contribution in [0.5, 0.6) is 0 Å². The summed E-state index contributed by atoms with van der Waals surface area (Å²) in [5.41, 5.74) is 8.61. The summed E-state index contributed by atoms with van der Waals surface area (Å²) < 4.78 is 63.0. The number of nitrogens with zero attached hydrogens (tertiary/aromatic N) is 7. The summed E-state index contributed by atoms with van der Waals surface area (Å²) in [6, 6.07) is 22.4. The molecule has 3 amide bonds. The average molecular weight is 1010 g/mol. The molecule has 2 N–H and O–H groups in total. The number of imide groups is 1. The standard InChI is InChI=1S/C57H66F3N9O5/c1-65-42(31-45-43(16-22-61-54(45)65)40-10-13-48-50(29-40)69(51(63-48)34-73-2)53-5-3-4-28-74-53)33-66-23-19-38(20-24-66)37-6-8-39(9-7-37)56(72)68-26-17-36(18-27-68)32-67-25-21-46(57(59,60)35-67)44-12-11-41(30-47(44)58)62-49-14-15-52(70)64-55(49)71/h6-13,16,22,29-31,36,38,46,49,53,62H,3-5,14-15,17-21,23-28,32-35H2,1-2H3,(H,64,70,71). The van der Waals surface area contributed by atoms with Crippen LogP contribution in [0.15, 0.2) is 79.0 Å². The molecule has 5 aliphatic rings. The van der Waals surface area contributed by atoms with Gasteiger partial charge in [-0.15, -0.1) is 0 Å². The van der Waals surface area contributed by atoms with E-state index in [2.05, 4.69) is 74.2 Å². The molecule has 14 nitrogen and oxygen atoms in total. The first-order valence-electron chi connectivity index (χ1n) is 26.6. The minimum Gasteiger partial charge on any atom is -0.377 e. The summed E-state index contributed by atoms with van der Waals surface area (Å²) in [5.74, 6) is -4.52. The molecule has 0 saturated carbocycles. The van der Waals surface area contributed by atoms with Crippen LogP contribution in [-0.4, -0.2) is 123 Å². The zero-order valence-electron chi connectivity index (χ0n) is 42.3. The van der Waals surface area contributed by atoms with Gasteiger partial charge in [0.1, 0.15) is 36.2 Å². The summed E-state index contributed by atoms with van der Waals surface area (Å²) in [7, 11) is 3.81. The number of ether oxygens (including phenoxy) is 2. The number of alkyl halides is 2. The summed E-state index contributed by atoms with van der Waals surface area (Å²) in [6.07, 6.45) is 9.06. The number of benzene rings is 3. The monoisotopic (exact) mass is 1010 g/mol. The number of piperidine rings is 4. The highest BCUT2D eigenvalue weighted by atomic mass is 19.3. The van der Waals surface area contributed by atoms with Crippen LogP contribution >= 0.6 is 0 Å². The van der Waals surface area contributed by atoms with Gasteiger partial charge in [0.15, 0.2) is 0 Å². The van der Waals surface area contributed by atoms with Gasteiger partial charge in [-0.25, -0.2) is 23.1 Å². The Morgan fingerprint density at radius 3 is 2.42 bits per heavy atom. The second-order valence-corrected chi connectivity index (χ2v) is 21.3. The largest absolute Gasteiger partial charge is 0.377 e. The minimum absolute atomic E-state index is 0.00236. The number of fused-ring (bicyclic) bond motifs is 2. The molecular weight excluding hydrogens is 948 g/mol. The predicted octanol–water partition coefficient (Wildman–Crippen LogP) is 9.15. The van der Waals surface area contributed by atoms with Crippen LogP contribution in [0.3, 0.4) is 0 Å². The quantitative estimate of drug-likeness (QED) is 0.108. The molecule has 5 fully saturated rings. The maximum absolute atomic E-state index is 15.7. The van der Waals surface area contributed by atoms with Crippen molar-refractivity contribution in [1.29, 1.82) is 0 Å². The first-order valence-corrected chi connectivity index (χ1v) is 26.6. The van der Waals surface area contributed by atoms with E-state index in [1.165, 1.54) is 23.4 Å². The Balaban J connectivity index is 0.652. The fraction of sp³-hybridized carbons (Fsp3) is 0.491. The first kappa shape index (κ1) is 50.0. The van der Waals surface area contributed by atoms with Gasteiger partial charge < -0.3 is 24.3 Å². The summed E-state index contributed by atoms with van der Waals surface area (Å²) in [5, 5.41) is 6.30. The molecule has 74 heavy (non-hydrogen) atoms. The van der Waals surface area contributed by atoms with E-state index >= 15 is 13.2 Å². The van der Waals surface area contributed by atoms with Gasteiger partial charge in [0.05, 0.1) is 23.5 Å². The minimum atomic E-state index is -3.14. The molecule has 390 valence electrons. The third-order valence-electron chi connectivity index (χ3n) is 16.5. The smallest absolute Gasteiger partial charge is 0.267 e. The van der Waals surface area contributed by atoms with E-state index in [0.29, 0.717) is 50.0 Å². The van der Waals surface area contributed by atoms with E-state index < -0.39 is 36.2 Å². The number of amides is 3. The number of aryl methyl sites for hydroxylation is 1. The third kappa shape index (κ3) is 10.3. The molecule has 3 aromatic carbocycles. The molecule has 5 saturated heterocycles. The first-order chi connectivity index (χ1) is 35.9. The molecule has 6 aromatic rings. The molecule has 3 aromatic heterocycles. The normalized spacial score (nSPS) is 22.7. The lowest BCUT2D eigenvalue weighted by Crippen LogP contribution is -2.50. The number of likely N-dealkylation sites (tertiary alicyclic amines) is 3.